The van der Waals surface area contributed by atoms with Crippen LogP contribution in [0.4, 0.5) is 0 Å². The summed E-state index contributed by atoms with van der Waals surface area (Å²) in [4.78, 5) is 16.6. The van der Waals surface area contributed by atoms with Gasteiger partial charge < -0.3 is 0 Å². The van der Waals surface area contributed by atoms with Gasteiger partial charge in [-0.15, -0.1) is 0 Å². The number of benzene rings is 1. The van der Waals surface area contributed by atoms with Crippen molar-refractivity contribution >= 4 is 11.3 Å². The number of aromatic nitrogens is 3. The van der Waals surface area contributed by atoms with Gasteiger partial charge >= 0.3 is 0 Å². The second-order valence-electron chi connectivity index (χ2n) is 4.61. The summed E-state index contributed by atoms with van der Waals surface area (Å²) >= 11 is 0. The van der Waals surface area contributed by atoms with E-state index in [-0.39, 0.29) is 5.78 Å². The van der Waals surface area contributed by atoms with Gasteiger partial charge in [0.05, 0.1) is 23.5 Å². The fourth-order valence-corrected chi connectivity index (χ4v) is 2.22. The van der Waals surface area contributed by atoms with E-state index < -0.39 is 0 Å². The van der Waals surface area contributed by atoms with Crippen LogP contribution in [0.3, 0.4) is 0 Å². The van der Waals surface area contributed by atoms with E-state index in [1.165, 1.54) is 0 Å². The first kappa shape index (κ1) is 11.6. The van der Waals surface area contributed by atoms with Crippen molar-refractivity contribution in [3.8, 4) is 0 Å². The van der Waals surface area contributed by atoms with Gasteiger partial charge in [0.15, 0.2) is 5.78 Å². The Balaban J connectivity index is 2.13. The minimum Gasteiger partial charge on any atom is -0.288 e. The fraction of sp³-hybridized carbons (Fsp3) is 0.133. The molecule has 19 heavy (non-hydrogen) atoms. The molecule has 0 spiro atoms. The minimum absolute atomic E-state index is 0.0134. The summed E-state index contributed by atoms with van der Waals surface area (Å²) in [6.07, 6.45) is 6.63. The van der Waals surface area contributed by atoms with Gasteiger partial charge in [0.1, 0.15) is 0 Å². The maximum absolute atomic E-state index is 12.6. The molecule has 0 N–H and O–H groups in total. The average molecular weight is 251 g/mol. The first-order valence-corrected chi connectivity index (χ1v) is 6.06. The highest BCUT2D eigenvalue weighted by atomic mass is 16.1. The summed E-state index contributed by atoms with van der Waals surface area (Å²) in [5.41, 5.74) is 4.15. The molecule has 0 bridgehead atoms. The highest BCUT2D eigenvalue weighted by molar-refractivity contribution is 6.13. The van der Waals surface area contributed by atoms with E-state index >= 15 is 0 Å². The Labute approximate surface area is 110 Å². The summed E-state index contributed by atoms with van der Waals surface area (Å²) in [5.74, 6) is -0.0134. The van der Waals surface area contributed by atoms with Crippen molar-refractivity contribution < 1.29 is 4.79 Å². The lowest BCUT2D eigenvalue weighted by atomic mass is 9.98. The molecule has 0 amide bonds. The van der Waals surface area contributed by atoms with Crippen LogP contribution in [0.5, 0.6) is 0 Å². The SMILES string of the molecule is Cc1ccc(C(=O)c2cnn3ccncc23)c(C)c1. The molecule has 4 heteroatoms. The van der Waals surface area contributed by atoms with E-state index in [9.17, 15) is 4.79 Å². The second kappa shape index (κ2) is 4.31. The van der Waals surface area contributed by atoms with Crippen LogP contribution in [0.2, 0.25) is 0 Å². The van der Waals surface area contributed by atoms with Gasteiger partial charge in [-0.1, -0.05) is 23.8 Å². The normalized spacial score (nSPS) is 10.8. The minimum atomic E-state index is -0.0134. The van der Waals surface area contributed by atoms with Crippen molar-refractivity contribution in [3.63, 3.8) is 0 Å². The Kier molecular flexibility index (Phi) is 2.63. The van der Waals surface area contributed by atoms with E-state index in [1.54, 1.807) is 29.3 Å². The highest BCUT2D eigenvalue weighted by Crippen LogP contribution is 2.18. The molecule has 0 aliphatic heterocycles. The van der Waals surface area contributed by atoms with Crippen LogP contribution in [-0.4, -0.2) is 20.4 Å². The Morgan fingerprint density at radius 3 is 2.79 bits per heavy atom. The second-order valence-corrected chi connectivity index (χ2v) is 4.61. The Morgan fingerprint density at radius 2 is 2.00 bits per heavy atom. The van der Waals surface area contributed by atoms with Gasteiger partial charge in [-0.25, -0.2) is 4.52 Å². The van der Waals surface area contributed by atoms with E-state index in [1.807, 2.05) is 32.0 Å². The molecule has 94 valence electrons. The third-order valence-corrected chi connectivity index (χ3v) is 3.20. The molecule has 0 radical (unpaired) electrons. The molecular weight excluding hydrogens is 238 g/mol. The predicted molar refractivity (Wildman–Crippen MR) is 72.3 cm³/mol. The Morgan fingerprint density at radius 1 is 1.16 bits per heavy atom. The van der Waals surface area contributed by atoms with Gasteiger partial charge in [0.2, 0.25) is 0 Å². The Hall–Kier alpha value is -2.49. The average Bonchev–Trinajstić information content (AvgIpc) is 2.82. The summed E-state index contributed by atoms with van der Waals surface area (Å²) in [6, 6.07) is 5.83. The van der Waals surface area contributed by atoms with Crippen molar-refractivity contribution in [2.45, 2.75) is 13.8 Å². The molecule has 3 aromatic rings. The van der Waals surface area contributed by atoms with Crippen LogP contribution in [0, 0.1) is 13.8 Å². The van der Waals surface area contributed by atoms with Crippen molar-refractivity contribution in [1.82, 2.24) is 14.6 Å². The standard InChI is InChI=1S/C15H13N3O/c1-10-3-4-12(11(2)7-10)15(19)13-8-17-18-6-5-16-9-14(13)18/h3-9H,1-2H3. The van der Waals surface area contributed by atoms with Crippen molar-refractivity contribution in [2.75, 3.05) is 0 Å². The molecule has 0 aliphatic rings. The molecule has 0 aliphatic carbocycles. The molecule has 4 nitrogen and oxygen atoms in total. The summed E-state index contributed by atoms with van der Waals surface area (Å²) in [7, 11) is 0. The van der Waals surface area contributed by atoms with Crippen molar-refractivity contribution in [3.05, 3.63) is 65.2 Å². The zero-order valence-electron chi connectivity index (χ0n) is 10.8. The quantitative estimate of drug-likeness (QED) is 0.658. The number of rotatable bonds is 2. The van der Waals surface area contributed by atoms with Crippen LogP contribution in [0.1, 0.15) is 27.0 Å². The third kappa shape index (κ3) is 1.91. The monoisotopic (exact) mass is 251 g/mol. The predicted octanol–water partition coefficient (Wildman–Crippen LogP) is 2.58. The number of ketones is 1. The largest absolute Gasteiger partial charge is 0.288 e. The number of aryl methyl sites for hydroxylation is 2. The number of carbonyl (C=O) groups is 1. The number of carbonyl (C=O) groups excluding carboxylic acids is 1. The van der Waals surface area contributed by atoms with Crippen LogP contribution in [0.15, 0.2) is 43.0 Å². The lowest BCUT2D eigenvalue weighted by molar-refractivity contribution is 0.103. The van der Waals surface area contributed by atoms with Gasteiger partial charge in [-0.3, -0.25) is 9.78 Å². The molecule has 2 heterocycles. The van der Waals surface area contributed by atoms with Gasteiger partial charge in [0, 0.05) is 18.0 Å². The zero-order valence-corrected chi connectivity index (χ0v) is 10.8. The summed E-state index contributed by atoms with van der Waals surface area (Å²) < 4.78 is 1.66. The molecule has 3 rings (SSSR count). The van der Waals surface area contributed by atoms with Crippen LogP contribution < -0.4 is 0 Å². The zero-order chi connectivity index (χ0) is 13.4. The van der Waals surface area contributed by atoms with Gasteiger partial charge in [-0.05, 0) is 19.4 Å². The van der Waals surface area contributed by atoms with Gasteiger partial charge in [-0.2, -0.15) is 5.10 Å². The van der Waals surface area contributed by atoms with E-state index in [2.05, 4.69) is 10.1 Å². The smallest absolute Gasteiger partial charge is 0.197 e. The molecule has 0 fully saturated rings. The van der Waals surface area contributed by atoms with Crippen LogP contribution in [0.25, 0.3) is 5.52 Å². The summed E-state index contributed by atoms with van der Waals surface area (Å²) in [5, 5.41) is 4.17. The fourth-order valence-electron chi connectivity index (χ4n) is 2.22. The van der Waals surface area contributed by atoms with E-state index in [4.69, 9.17) is 0 Å². The van der Waals surface area contributed by atoms with Crippen molar-refractivity contribution in [2.24, 2.45) is 0 Å². The number of hydrogen-bond donors (Lipinski definition) is 0. The number of hydrogen-bond acceptors (Lipinski definition) is 3. The number of fused-ring (bicyclic) bond motifs is 1. The molecule has 0 unspecified atom stereocenters. The van der Waals surface area contributed by atoms with Crippen LogP contribution >= 0.6 is 0 Å². The van der Waals surface area contributed by atoms with Crippen molar-refractivity contribution in [1.29, 1.82) is 0 Å². The third-order valence-electron chi connectivity index (χ3n) is 3.20. The van der Waals surface area contributed by atoms with E-state index in [0.29, 0.717) is 11.1 Å². The van der Waals surface area contributed by atoms with Gasteiger partial charge in [0.25, 0.3) is 0 Å². The molecule has 2 aromatic heterocycles. The Bertz CT molecular complexity index is 774. The lowest BCUT2D eigenvalue weighted by Gasteiger charge is -2.04. The topological polar surface area (TPSA) is 47.3 Å². The summed E-state index contributed by atoms with van der Waals surface area (Å²) in [6.45, 7) is 3.96. The molecule has 0 saturated heterocycles. The lowest BCUT2D eigenvalue weighted by Crippen LogP contribution is -2.03. The number of nitrogens with zero attached hydrogens (tertiary/aromatic N) is 3. The molecule has 0 saturated carbocycles. The molecule has 0 atom stereocenters. The molecular formula is C15H13N3O. The van der Waals surface area contributed by atoms with Crippen LogP contribution in [-0.2, 0) is 0 Å². The molecule has 1 aromatic carbocycles. The maximum atomic E-state index is 12.6. The van der Waals surface area contributed by atoms with E-state index in [0.717, 1.165) is 16.6 Å². The first-order valence-electron chi connectivity index (χ1n) is 6.06. The first-order chi connectivity index (χ1) is 9.16. The highest BCUT2D eigenvalue weighted by Gasteiger charge is 2.16. The maximum Gasteiger partial charge on any atom is 0.197 e.